The lowest BCUT2D eigenvalue weighted by Crippen LogP contribution is -2.31. The molecule has 0 bridgehead atoms. The molecule has 1 amide bonds. The Balaban J connectivity index is 1.89. The van der Waals surface area contributed by atoms with E-state index in [9.17, 15) is 28.1 Å². The molecule has 1 heterocycles. The van der Waals surface area contributed by atoms with Gasteiger partial charge in [-0.1, -0.05) is 12.6 Å². The molecule has 0 aliphatic heterocycles. The Bertz CT molecular complexity index is 1340. The van der Waals surface area contributed by atoms with Gasteiger partial charge in [0.05, 0.1) is 29.3 Å². The number of nitro benzene ring substituents is 1. The van der Waals surface area contributed by atoms with Gasteiger partial charge in [-0.15, -0.1) is 0 Å². The van der Waals surface area contributed by atoms with Gasteiger partial charge in [-0.2, -0.15) is 13.2 Å². The molecule has 0 saturated carbocycles. The predicted molar refractivity (Wildman–Crippen MR) is 119 cm³/mol. The summed E-state index contributed by atoms with van der Waals surface area (Å²) in [7, 11) is 2.69. The fourth-order valence-corrected chi connectivity index (χ4v) is 2.93. The normalized spacial score (nSPS) is 12.2. The second-order valence-corrected chi connectivity index (χ2v) is 6.67. The Labute approximate surface area is 190 Å². The van der Waals surface area contributed by atoms with Crippen LogP contribution in [-0.4, -0.2) is 46.6 Å². The number of aromatic nitrogens is 2. The van der Waals surface area contributed by atoms with Crippen molar-refractivity contribution in [2.75, 3.05) is 14.2 Å². The minimum Gasteiger partial charge on any atom is -0.497 e. The van der Waals surface area contributed by atoms with E-state index in [4.69, 9.17) is 4.74 Å². The zero-order valence-corrected chi connectivity index (χ0v) is 17.8. The van der Waals surface area contributed by atoms with Crippen LogP contribution in [0.2, 0.25) is 0 Å². The lowest BCUT2D eigenvalue weighted by Gasteiger charge is -2.11. The van der Waals surface area contributed by atoms with Crippen LogP contribution in [0.15, 0.2) is 59.0 Å². The van der Waals surface area contributed by atoms with Crippen LogP contribution >= 0.6 is 0 Å². The molecule has 10 nitrogen and oxygen atoms in total. The number of nitro groups is 1. The Morgan fingerprint density at radius 3 is 2.65 bits per heavy atom. The van der Waals surface area contributed by atoms with Crippen molar-refractivity contribution in [3.8, 4) is 5.75 Å². The van der Waals surface area contributed by atoms with Gasteiger partial charge in [-0.05, 0) is 18.2 Å². The number of non-ortho nitro benzene ring substituents is 1. The zero-order valence-electron chi connectivity index (χ0n) is 17.8. The fourth-order valence-electron chi connectivity index (χ4n) is 2.93. The highest BCUT2D eigenvalue weighted by Crippen LogP contribution is 2.34. The van der Waals surface area contributed by atoms with E-state index in [1.54, 1.807) is 0 Å². The molecule has 1 aromatic heterocycles. The summed E-state index contributed by atoms with van der Waals surface area (Å²) in [6.07, 6.45) is -3.80. The fraction of sp³-hybridized carbons (Fsp3) is 0.143. The average molecular weight is 474 g/mol. The summed E-state index contributed by atoms with van der Waals surface area (Å²) in [6, 6.07) is 9.18. The van der Waals surface area contributed by atoms with E-state index >= 15 is 0 Å². The van der Waals surface area contributed by atoms with E-state index in [1.165, 1.54) is 50.6 Å². The number of rotatable bonds is 6. The van der Waals surface area contributed by atoms with Crippen molar-refractivity contribution in [1.29, 1.82) is 0 Å². The second kappa shape index (κ2) is 9.52. The van der Waals surface area contributed by atoms with Crippen LogP contribution in [0, 0.1) is 10.1 Å². The number of halogens is 3. The summed E-state index contributed by atoms with van der Waals surface area (Å²) in [6.45, 7) is 3.59. The van der Waals surface area contributed by atoms with Crippen LogP contribution in [0.5, 0.6) is 5.75 Å². The van der Waals surface area contributed by atoms with Crippen molar-refractivity contribution in [3.05, 3.63) is 70.5 Å². The van der Waals surface area contributed by atoms with Crippen LogP contribution in [0.4, 0.5) is 18.9 Å². The van der Waals surface area contributed by atoms with Crippen molar-refractivity contribution >= 4 is 40.5 Å². The molecule has 0 spiro atoms. The second-order valence-electron chi connectivity index (χ2n) is 6.67. The van der Waals surface area contributed by atoms with Gasteiger partial charge in [0.2, 0.25) is 5.82 Å². The number of carbonyl (C=O) groups excluding carboxylic acids is 1. The van der Waals surface area contributed by atoms with Gasteiger partial charge in [0.1, 0.15) is 17.4 Å². The third-order valence-electron chi connectivity index (χ3n) is 4.51. The number of alkyl halides is 3. The van der Waals surface area contributed by atoms with Crippen LogP contribution in [0.3, 0.4) is 0 Å². The number of aliphatic imine (C=N–C) groups is 2. The largest absolute Gasteiger partial charge is 0.497 e. The van der Waals surface area contributed by atoms with Gasteiger partial charge < -0.3 is 10.1 Å². The number of imidazole rings is 1. The van der Waals surface area contributed by atoms with E-state index in [-0.39, 0.29) is 33.9 Å². The van der Waals surface area contributed by atoms with Gasteiger partial charge in [-0.3, -0.25) is 24.5 Å². The molecule has 0 saturated heterocycles. The van der Waals surface area contributed by atoms with Crippen molar-refractivity contribution in [2.24, 2.45) is 9.98 Å². The smallest absolute Gasteiger partial charge is 0.450 e. The highest BCUT2D eigenvalue weighted by Gasteiger charge is 2.38. The van der Waals surface area contributed by atoms with E-state index < -0.39 is 22.8 Å². The Kier molecular flexibility index (Phi) is 6.75. The molecular formula is C21H17F3N6O4. The molecule has 0 radical (unpaired) electrons. The first-order valence-electron chi connectivity index (χ1n) is 9.44. The molecule has 0 aliphatic carbocycles. The number of amides is 1. The first kappa shape index (κ1) is 24.1. The van der Waals surface area contributed by atoms with E-state index in [1.807, 2.05) is 0 Å². The third kappa shape index (κ3) is 5.09. The lowest BCUT2D eigenvalue weighted by molar-refractivity contribution is -0.384. The number of fused-ring (bicyclic) bond motifs is 1. The maximum atomic E-state index is 13.6. The van der Waals surface area contributed by atoms with Gasteiger partial charge in [-0.25, -0.2) is 9.98 Å². The number of ether oxygens (including phenoxy) is 1. The molecule has 0 atom stereocenters. The van der Waals surface area contributed by atoms with Crippen molar-refractivity contribution < 1.29 is 27.6 Å². The van der Waals surface area contributed by atoms with Crippen LogP contribution in [-0.2, 0) is 6.18 Å². The van der Waals surface area contributed by atoms with Gasteiger partial charge >= 0.3 is 6.18 Å². The Morgan fingerprint density at radius 2 is 2.03 bits per heavy atom. The SMILES string of the molecule is C=C(/N=C\C(=NC)NC(=O)c1cccc([N+](=O)[O-])c1)n1c(C(F)(F)F)nc2cc(OC)ccc21. The molecule has 176 valence electrons. The lowest BCUT2D eigenvalue weighted by atomic mass is 10.2. The molecule has 1 N–H and O–H groups in total. The maximum absolute atomic E-state index is 13.6. The molecule has 2 aromatic carbocycles. The van der Waals surface area contributed by atoms with Gasteiger partial charge in [0.25, 0.3) is 11.6 Å². The molecule has 3 rings (SSSR count). The average Bonchev–Trinajstić information content (AvgIpc) is 3.20. The minimum atomic E-state index is -4.80. The Morgan fingerprint density at radius 1 is 1.29 bits per heavy atom. The summed E-state index contributed by atoms with van der Waals surface area (Å²) < 4.78 is 46.6. The molecule has 34 heavy (non-hydrogen) atoms. The molecular weight excluding hydrogens is 457 g/mol. The summed E-state index contributed by atoms with van der Waals surface area (Å²) in [5, 5.41) is 13.3. The number of nitrogens with one attached hydrogen (secondary N) is 1. The Hall–Kier alpha value is -4.55. The van der Waals surface area contributed by atoms with E-state index in [0.717, 1.165) is 16.8 Å². The molecule has 13 heteroatoms. The highest BCUT2D eigenvalue weighted by molar-refractivity contribution is 6.34. The van der Waals surface area contributed by atoms with Gasteiger partial charge in [0, 0.05) is 30.8 Å². The maximum Gasteiger partial charge on any atom is 0.450 e. The van der Waals surface area contributed by atoms with Crippen LogP contribution in [0.1, 0.15) is 16.2 Å². The standard InChI is InChI=1S/C21H17F3N6O4/c1-12(29-17-8-7-15(34-3)10-16(17)27-20(29)21(22,23)24)26-11-18(25-2)28-19(31)13-5-4-6-14(9-13)30(32)33/h4-11H,1H2,2-3H3,(H,25,28,31)/b26-11-. The van der Waals surface area contributed by atoms with Crippen LogP contribution in [0.25, 0.3) is 16.9 Å². The number of amidine groups is 1. The van der Waals surface area contributed by atoms with Crippen molar-refractivity contribution in [2.45, 2.75) is 6.18 Å². The summed E-state index contributed by atoms with van der Waals surface area (Å²) in [5.74, 6) is -2.10. The molecule has 3 aromatic rings. The first-order chi connectivity index (χ1) is 16.0. The predicted octanol–water partition coefficient (Wildman–Crippen LogP) is 3.93. The summed E-state index contributed by atoms with van der Waals surface area (Å²) in [4.78, 5) is 34.0. The topological polar surface area (TPSA) is 124 Å². The van der Waals surface area contributed by atoms with Crippen molar-refractivity contribution in [3.63, 3.8) is 0 Å². The number of carbonyl (C=O) groups is 1. The highest BCUT2D eigenvalue weighted by atomic mass is 19.4. The minimum absolute atomic E-state index is 0.0171. The number of hydrogen-bond acceptors (Lipinski definition) is 7. The summed E-state index contributed by atoms with van der Waals surface area (Å²) >= 11 is 0. The third-order valence-corrected chi connectivity index (χ3v) is 4.51. The number of benzene rings is 2. The quantitative estimate of drug-likeness (QED) is 0.251. The van der Waals surface area contributed by atoms with E-state index in [0.29, 0.717) is 5.75 Å². The molecule has 0 fully saturated rings. The number of hydrogen-bond donors (Lipinski definition) is 1. The van der Waals surface area contributed by atoms with Crippen LogP contribution < -0.4 is 10.1 Å². The number of methoxy groups -OCH3 is 1. The van der Waals surface area contributed by atoms with Gasteiger partial charge in [0.15, 0.2) is 0 Å². The monoisotopic (exact) mass is 474 g/mol. The van der Waals surface area contributed by atoms with E-state index in [2.05, 4.69) is 26.9 Å². The number of nitrogens with zero attached hydrogens (tertiary/aromatic N) is 5. The summed E-state index contributed by atoms with van der Waals surface area (Å²) in [5.41, 5.74) is -0.193. The molecule has 0 aliphatic rings. The zero-order chi connectivity index (χ0) is 25.0. The van der Waals surface area contributed by atoms with Crippen molar-refractivity contribution in [1.82, 2.24) is 14.9 Å². The first-order valence-corrected chi connectivity index (χ1v) is 9.44. The molecule has 0 unspecified atom stereocenters.